The first kappa shape index (κ1) is 11.8. The lowest BCUT2D eigenvalue weighted by atomic mass is 10.0. The van der Waals surface area contributed by atoms with E-state index in [0.717, 1.165) is 0 Å². The number of ether oxygens (including phenoxy) is 5. The number of esters is 1. The molecule has 2 aliphatic heterocycles. The van der Waals surface area contributed by atoms with E-state index in [2.05, 4.69) is 0 Å². The molecule has 0 aromatic heterocycles. The quantitative estimate of drug-likeness (QED) is 0.641. The molecule has 0 aliphatic carbocycles. The third kappa shape index (κ3) is 2.52. The van der Waals surface area contributed by atoms with Crippen molar-refractivity contribution in [3.63, 3.8) is 0 Å². The third-order valence-electron chi connectivity index (χ3n) is 2.74. The highest BCUT2D eigenvalue weighted by Gasteiger charge is 2.42. The minimum absolute atomic E-state index is 0.0356. The van der Waals surface area contributed by atoms with Crippen LogP contribution in [0.2, 0.25) is 0 Å². The summed E-state index contributed by atoms with van der Waals surface area (Å²) in [5.74, 6) is -0.328. The van der Waals surface area contributed by atoms with E-state index in [1.807, 2.05) is 6.92 Å². The van der Waals surface area contributed by atoms with Gasteiger partial charge >= 0.3 is 5.97 Å². The second kappa shape index (κ2) is 5.09. The molecule has 16 heavy (non-hydrogen) atoms. The fourth-order valence-electron chi connectivity index (χ4n) is 1.87. The Labute approximate surface area is 93.7 Å². The van der Waals surface area contributed by atoms with Crippen molar-refractivity contribution in [2.75, 3.05) is 20.2 Å². The largest absolute Gasteiger partial charge is 0.463 e. The topological polar surface area (TPSA) is 63.2 Å². The van der Waals surface area contributed by atoms with Crippen molar-refractivity contribution in [2.24, 2.45) is 0 Å². The van der Waals surface area contributed by atoms with Gasteiger partial charge in [0, 0.05) is 6.92 Å². The highest BCUT2D eigenvalue weighted by Crippen LogP contribution is 2.25. The minimum atomic E-state index is -0.328. The van der Waals surface area contributed by atoms with Crippen molar-refractivity contribution in [3.8, 4) is 0 Å². The fraction of sp³-hybridized carbons (Fsp3) is 0.900. The van der Waals surface area contributed by atoms with E-state index in [1.165, 1.54) is 6.92 Å². The van der Waals surface area contributed by atoms with Gasteiger partial charge in [-0.15, -0.1) is 0 Å². The SMILES string of the molecule is CC(=O)OC[C@@H]1OCO[C@@H]1[C@@H]1OCO[C@H]1C. The highest BCUT2D eigenvalue weighted by atomic mass is 16.8. The van der Waals surface area contributed by atoms with Crippen LogP contribution in [-0.2, 0) is 28.5 Å². The maximum absolute atomic E-state index is 10.7. The molecule has 6 nitrogen and oxygen atoms in total. The standard InChI is InChI=1S/C10H16O6/c1-6-9(15-4-13-6)10-8(14-5-16-10)3-12-7(2)11/h6,8-10H,3-5H2,1-2H3/t6-,8-,9+,10-/m0/s1. The van der Waals surface area contributed by atoms with Gasteiger partial charge in [0.05, 0.1) is 6.10 Å². The van der Waals surface area contributed by atoms with Crippen LogP contribution >= 0.6 is 0 Å². The molecule has 2 heterocycles. The number of hydrogen-bond acceptors (Lipinski definition) is 6. The zero-order valence-electron chi connectivity index (χ0n) is 9.38. The van der Waals surface area contributed by atoms with E-state index >= 15 is 0 Å². The summed E-state index contributed by atoms with van der Waals surface area (Å²) in [6.07, 6.45) is -0.718. The normalized spacial score (nSPS) is 38.9. The Kier molecular flexibility index (Phi) is 3.75. The summed E-state index contributed by atoms with van der Waals surface area (Å²) in [6.45, 7) is 3.94. The van der Waals surface area contributed by atoms with Gasteiger partial charge in [0.2, 0.25) is 0 Å². The van der Waals surface area contributed by atoms with E-state index in [1.54, 1.807) is 0 Å². The van der Waals surface area contributed by atoms with Crippen molar-refractivity contribution in [2.45, 2.75) is 38.3 Å². The molecule has 0 bridgehead atoms. The van der Waals surface area contributed by atoms with E-state index in [0.29, 0.717) is 0 Å². The Hall–Kier alpha value is -0.690. The van der Waals surface area contributed by atoms with Crippen molar-refractivity contribution in [1.82, 2.24) is 0 Å². The van der Waals surface area contributed by atoms with Gasteiger partial charge in [0.15, 0.2) is 0 Å². The van der Waals surface area contributed by atoms with Crippen molar-refractivity contribution >= 4 is 5.97 Å². The molecule has 0 aromatic rings. The number of carbonyl (C=O) groups excluding carboxylic acids is 1. The summed E-state index contributed by atoms with van der Waals surface area (Å²) >= 11 is 0. The predicted octanol–water partition coefficient (Wildman–Crippen LogP) is 0.0524. The Balaban J connectivity index is 1.89. The molecule has 2 aliphatic rings. The van der Waals surface area contributed by atoms with E-state index in [9.17, 15) is 4.79 Å². The van der Waals surface area contributed by atoms with Crippen molar-refractivity contribution in [1.29, 1.82) is 0 Å². The number of carbonyl (C=O) groups is 1. The average Bonchev–Trinajstić information content (AvgIpc) is 2.82. The smallest absolute Gasteiger partial charge is 0.302 e. The monoisotopic (exact) mass is 232 g/mol. The summed E-state index contributed by atoms with van der Waals surface area (Å²) in [5, 5.41) is 0. The summed E-state index contributed by atoms with van der Waals surface area (Å²) in [6, 6.07) is 0. The molecule has 4 atom stereocenters. The van der Waals surface area contributed by atoms with Gasteiger partial charge in [-0.05, 0) is 6.92 Å². The Morgan fingerprint density at radius 2 is 1.88 bits per heavy atom. The zero-order valence-corrected chi connectivity index (χ0v) is 9.38. The molecule has 2 fully saturated rings. The Morgan fingerprint density at radius 1 is 1.19 bits per heavy atom. The second-order valence-electron chi connectivity index (χ2n) is 3.88. The molecule has 92 valence electrons. The van der Waals surface area contributed by atoms with Crippen molar-refractivity contribution < 1.29 is 28.5 Å². The summed E-state index contributed by atoms with van der Waals surface area (Å²) < 4.78 is 26.4. The molecule has 0 unspecified atom stereocenters. The van der Waals surface area contributed by atoms with Gasteiger partial charge in [0.25, 0.3) is 0 Å². The highest BCUT2D eigenvalue weighted by molar-refractivity contribution is 5.65. The summed E-state index contributed by atoms with van der Waals surface area (Å²) in [7, 11) is 0. The van der Waals surface area contributed by atoms with Crippen LogP contribution in [0, 0.1) is 0 Å². The fourth-order valence-corrected chi connectivity index (χ4v) is 1.87. The lowest BCUT2D eigenvalue weighted by Gasteiger charge is -2.23. The molecule has 0 N–H and O–H groups in total. The van der Waals surface area contributed by atoms with Crippen LogP contribution in [0.3, 0.4) is 0 Å². The first-order valence-corrected chi connectivity index (χ1v) is 5.28. The van der Waals surface area contributed by atoms with Crippen LogP contribution in [0.4, 0.5) is 0 Å². The number of hydrogen-bond donors (Lipinski definition) is 0. The van der Waals surface area contributed by atoms with E-state index in [4.69, 9.17) is 23.7 Å². The van der Waals surface area contributed by atoms with Crippen LogP contribution in [-0.4, -0.2) is 50.6 Å². The molecule has 0 aromatic carbocycles. The van der Waals surface area contributed by atoms with Gasteiger partial charge in [-0.2, -0.15) is 0 Å². The lowest BCUT2D eigenvalue weighted by molar-refractivity contribution is -0.145. The molecule has 0 radical (unpaired) electrons. The van der Waals surface area contributed by atoms with Crippen LogP contribution in [0.5, 0.6) is 0 Å². The maximum atomic E-state index is 10.7. The third-order valence-corrected chi connectivity index (χ3v) is 2.74. The van der Waals surface area contributed by atoms with Gasteiger partial charge in [0.1, 0.15) is 38.5 Å². The van der Waals surface area contributed by atoms with Crippen LogP contribution in [0.15, 0.2) is 0 Å². The van der Waals surface area contributed by atoms with Gasteiger partial charge in [-0.25, -0.2) is 0 Å². The Bertz CT molecular complexity index is 256. The molecular formula is C10H16O6. The molecule has 6 heteroatoms. The molecule has 2 rings (SSSR count). The van der Waals surface area contributed by atoms with E-state index < -0.39 is 0 Å². The predicted molar refractivity (Wildman–Crippen MR) is 51.5 cm³/mol. The van der Waals surface area contributed by atoms with Crippen LogP contribution < -0.4 is 0 Å². The molecule has 0 spiro atoms. The van der Waals surface area contributed by atoms with Crippen LogP contribution in [0.25, 0.3) is 0 Å². The first-order chi connectivity index (χ1) is 7.68. The number of rotatable bonds is 3. The second-order valence-corrected chi connectivity index (χ2v) is 3.88. The summed E-state index contributed by atoms with van der Waals surface area (Å²) in [4.78, 5) is 10.7. The van der Waals surface area contributed by atoms with E-state index in [-0.39, 0.29) is 50.6 Å². The summed E-state index contributed by atoms with van der Waals surface area (Å²) in [5.41, 5.74) is 0. The minimum Gasteiger partial charge on any atom is -0.463 e. The first-order valence-electron chi connectivity index (χ1n) is 5.28. The van der Waals surface area contributed by atoms with Gasteiger partial charge in [-0.1, -0.05) is 0 Å². The molecule has 0 amide bonds. The molecule has 2 saturated heterocycles. The average molecular weight is 232 g/mol. The van der Waals surface area contributed by atoms with Crippen molar-refractivity contribution in [3.05, 3.63) is 0 Å². The van der Waals surface area contributed by atoms with Gasteiger partial charge < -0.3 is 23.7 Å². The van der Waals surface area contributed by atoms with Crippen LogP contribution in [0.1, 0.15) is 13.8 Å². The lowest BCUT2D eigenvalue weighted by Crippen LogP contribution is -2.42. The zero-order chi connectivity index (χ0) is 11.5. The molecule has 0 saturated carbocycles. The molecular weight excluding hydrogens is 216 g/mol. The Morgan fingerprint density at radius 3 is 2.50 bits per heavy atom. The van der Waals surface area contributed by atoms with Gasteiger partial charge in [-0.3, -0.25) is 4.79 Å². The maximum Gasteiger partial charge on any atom is 0.302 e.